The lowest BCUT2D eigenvalue weighted by Crippen LogP contribution is -2.27. The summed E-state index contributed by atoms with van der Waals surface area (Å²) in [6.07, 6.45) is -0.841. The molecular weight excluding hydrogens is 422 g/mol. The van der Waals surface area contributed by atoms with Gasteiger partial charge in [0.05, 0.1) is 17.7 Å². The number of nitrogens with zero attached hydrogens (tertiary/aromatic N) is 1. The van der Waals surface area contributed by atoms with Gasteiger partial charge in [0.25, 0.3) is 0 Å². The minimum Gasteiger partial charge on any atom is -0.487 e. The number of anilines is 1. The van der Waals surface area contributed by atoms with Crippen LogP contribution in [0.5, 0.6) is 5.75 Å². The van der Waals surface area contributed by atoms with E-state index in [-0.39, 0.29) is 11.8 Å². The molecule has 158 valence electrons. The van der Waals surface area contributed by atoms with Crippen molar-refractivity contribution < 1.29 is 18.6 Å². The molecule has 0 fully saturated rings. The van der Waals surface area contributed by atoms with Crippen molar-refractivity contribution in [2.24, 2.45) is 0 Å². The Morgan fingerprint density at radius 2 is 1.60 bits per heavy atom. The van der Waals surface area contributed by atoms with Crippen molar-refractivity contribution in [1.82, 2.24) is 0 Å². The molecule has 0 saturated carbocycles. The Morgan fingerprint density at radius 1 is 0.967 bits per heavy atom. The van der Waals surface area contributed by atoms with Gasteiger partial charge in [0.2, 0.25) is 0 Å². The third-order valence-corrected chi connectivity index (χ3v) is 5.40. The molecule has 2 N–H and O–H groups in total. The maximum absolute atomic E-state index is 11.7. The Kier molecular flexibility index (Phi) is 8.28. The summed E-state index contributed by atoms with van der Waals surface area (Å²) >= 11 is 3.77. The second kappa shape index (κ2) is 11.1. The molecule has 0 heterocycles. The Hall–Kier alpha value is -2.38. The van der Waals surface area contributed by atoms with Gasteiger partial charge in [-0.25, -0.2) is 4.21 Å². The number of hydrogen-bond acceptors (Lipinski definition) is 4. The average molecular weight is 446 g/mol. The van der Waals surface area contributed by atoms with Gasteiger partial charge in [0.1, 0.15) is 18.2 Å². The van der Waals surface area contributed by atoms with Gasteiger partial charge in [0.15, 0.2) is 11.1 Å². The highest BCUT2D eigenvalue weighted by Gasteiger charge is 2.18. The van der Waals surface area contributed by atoms with Crippen LogP contribution in [0, 0.1) is 0 Å². The molecule has 3 rings (SSSR count). The first kappa shape index (κ1) is 22.3. The predicted octanol–water partition coefficient (Wildman–Crippen LogP) is 4.72. The first-order chi connectivity index (χ1) is 14.6. The molecule has 0 bridgehead atoms. The number of hydrogen-bond donors (Lipinski definition) is 2. The van der Waals surface area contributed by atoms with Crippen LogP contribution >= 0.6 is 11.6 Å². The molecule has 0 saturated heterocycles. The van der Waals surface area contributed by atoms with Gasteiger partial charge < -0.3 is 19.3 Å². The van der Waals surface area contributed by atoms with E-state index < -0.39 is 17.2 Å². The van der Waals surface area contributed by atoms with Crippen LogP contribution < -0.4 is 9.64 Å². The number of rotatable bonds is 10. The van der Waals surface area contributed by atoms with E-state index in [4.69, 9.17) is 16.3 Å². The molecule has 2 atom stereocenters. The van der Waals surface area contributed by atoms with Gasteiger partial charge >= 0.3 is 0 Å². The Bertz CT molecular complexity index is 956. The van der Waals surface area contributed by atoms with Gasteiger partial charge in [-0.3, -0.25) is 0 Å². The van der Waals surface area contributed by atoms with Crippen LogP contribution in [0.15, 0.2) is 78.9 Å². The molecule has 7 heteroatoms. The zero-order valence-electron chi connectivity index (χ0n) is 16.4. The lowest BCUT2D eigenvalue weighted by atomic mass is 10.1. The third-order valence-electron chi connectivity index (χ3n) is 4.57. The van der Waals surface area contributed by atoms with Crippen LogP contribution in [0.1, 0.15) is 22.8 Å². The number of halogens is 1. The van der Waals surface area contributed by atoms with Gasteiger partial charge in [-0.15, -0.1) is 11.6 Å². The minimum absolute atomic E-state index is 0.0499. The summed E-state index contributed by atoms with van der Waals surface area (Å²) in [5, 5.41) is 10.2. The molecule has 0 aliphatic rings. The predicted molar refractivity (Wildman–Crippen MR) is 121 cm³/mol. The lowest BCUT2D eigenvalue weighted by Gasteiger charge is -2.27. The fourth-order valence-electron chi connectivity index (χ4n) is 3.07. The summed E-state index contributed by atoms with van der Waals surface area (Å²) in [5.74, 6) is 0.511. The zero-order chi connectivity index (χ0) is 21.3. The van der Waals surface area contributed by atoms with Crippen molar-refractivity contribution in [3.05, 3.63) is 95.6 Å². The molecule has 1 unspecified atom stereocenters. The molecule has 0 amide bonds. The molecule has 0 spiro atoms. The summed E-state index contributed by atoms with van der Waals surface area (Å²) in [4.78, 5) is 1.77. The second-order valence-corrected chi connectivity index (χ2v) is 8.02. The van der Waals surface area contributed by atoms with Gasteiger partial charge in [-0.1, -0.05) is 66.7 Å². The van der Waals surface area contributed by atoms with Crippen LogP contribution in [0.3, 0.4) is 0 Å². The minimum atomic E-state index is -2.06. The van der Waals surface area contributed by atoms with Crippen LogP contribution in [0.4, 0.5) is 5.69 Å². The van der Waals surface area contributed by atoms with Crippen molar-refractivity contribution in [1.29, 1.82) is 0 Å². The van der Waals surface area contributed by atoms with Crippen molar-refractivity contribution in [2.75, 3.05) is 16.7 Å². The summed E-state index contributed by atoms with van der Waals surface area (Å²) in [6, 6.07) is 24.7. The molecule has 3 aromatic rings. The number of ether oxygens (including phenoxy) is 1. The molecule has 0 aromatic heterocycles. The standard InChI is InChI=1S/C23H24ClNO4S/c24-14-22(26)20-11-12-23(29-16-19-9-5-2-6-10-19)21(13-20)25(17-30(27)28)15-18-7-3-1-4-8-18/h1-13,22,26H,14-17H2,(H,27,28)/t22-/m0/s1. The quantitative estimate of drug-likeness (QED) is 0.349. The lowest BCUT2D eigenvalue weighted by molar-refractivity contribution is 0.202. The fraction of sp³-hybridized carbons (Fsp3) is 0.217. The highest BCUT2D eigenvalue weighted by Crippen LogP contribution is 2.34. The van der Waals surface area contributed by atoms with Crippen molar-refractivity contribution >= 4 is 28.4 Å². The van der Waals surface area contributed by atoms with E-state index in [1.165, 1.54) is 0 Å². The van der Waals surface area contributed by atoms with Gasteiger partial charge in [-0.2, -0.15) is 0 Å². The SMILES string of the molecule is O=S(O)CN(Cc1ccccc1)c1cc([C@@H](O)CCl)ccc1OCc1ccccc1. The number of benzene rings is 3. The normalized spacial score (nSPS) is 12.9. The number of aliphatic hydroxyl groups is 1. The fourth-order valence-corrected chi connectivity index (χ4v) is 3.75. The highest BCUT2D eigenvalue weighted by atomic mass is 35.5. The summed E-state index contributed by atoms with van der Waals surface area (Å²) < 4.78 is 27.4. The summed E-state index contributed by atoms with van der Waals surface area (Å²) in [5.41, 5.74) is 3.24. The van der Waals surface area contributed by atoms with Crippen molar-refractivity contribution in [2.45, 2.75) is 19.3 Å². The molecule has 3 aromatic carbocycles. The average Bonchev–Trinajstić information content (AvgIpc) is 2.77. The number of alkyl halides is 1. The van der Waals surface area contributed by atoms with Gasteiger partial charge in [0, 0.05) is 6.54 Å². The van der Waals surface area contributed by atoms with Crippen LogP contribution in [-0.4, -0.2) is 25.6 Å². The van der Waals surface area contributed by atoms with E-state index in [0.29, 0.717) is 30.2 Å². The molecule has 0 aliphatic heterocycles. The maximum Gasteiger partial charge on any atom is 0.173 e. The van der Waals surface area contributed by atoms with Crippen LogP contribution in [0.2, 0.25) is 0 Å². The third kappa shape index (κ3) is 6.31. The van der Waals surface area contributed by atoms with Gasteiger partial charge in [-0.05, 0) is 28.8 Å². The van der Waals surface area contributed by atoms with E-state index in [0.717, 1.165) is 11.1 Å². The summed E-state index contributed by atoms with van der Waals surface area (Å²) in [6.45, 7) is 0.766. The second-order valence-electron chi connectivity index (χ2n) is 6.81. The largest absolute Gasteiger partial charge is 0.487 e. The van der Waals surface area contributed by atoms with E-state index >= 15 is 0 Å². The molecular formula is C23H24ClNO4S. The monoisotopic (exact) mass is 445 g/mol. The van der Waals surface area contributed by atoms with E-state index in [9.17, 15) is 13.9 Å². The van der Waals surface area contributed by atoms with E-state index in [2.05, 4.69) is 0 Å². The first-order valence-electron chi connectivity index (χ1n) is 9.48. The molecule has 30 heavy (non-hydrogen) atoms. The Morgan fingerprint density at radius 3 is 2.20 bits per heavy atom. The molecule has 5 nitrogen and oxygen atoms in total. The first-order valence-corrected chi connectivity index (χ1v) is 11.3. The van der Waals surface area contributed by atoms with Crippen molar-refractivity contribution in [3.63, 3.8) is 0 Å². The summed E-state index contributed by atoms with van der Waals surface area (Å²) in [7, 11) is 0. The smallest absolute Gasteiger partial charge is 0.173 e. The molecule has 0 aliphatic carbocycles. The van der Waals surface area contributed by atoms with Crippen molar-refractivity contribution in [3.8, 4) is 5.75 Å². The Balaban J connectivity index is 1.95. The maximum atomic E-state index is 11.7. The van der Waals surface area contributed by atoms with Crippen LogP contribution in [0.25, 0.3) is 0 Å². The van der Waals surface area contributed by atoms with Crippen LogP contribution in [-0.2, 0) is 24.2 Å². The zero-order valence-corrected chi connectivity index (χ0v) is 17.9. The van der Waals surface area contributed by atoms with E-state index in [1.807, 2.05) is 60.7 Å². The topological polar surface area (TPSA) is 70.0 Å². The highest BCUT2D eigenvalue weighted by molar-refractivity contribution is 7.79. The Labute approximate surface area is 184 Å². The van der Waals surface area contributed by atoms with E-state index in [1.54, 1.807) is 23.1 Å². The molecule has 0 radical (unpaired) electrons. The number of aliphatic hydroxyl groups excluding tert-OH is 1.